The molecule has 0 saturated carbocycles. The van der Waals surface area contributed by atoms with Crippen molar-refractivity contribution in [3.05, 3.63) is 34.3 Å². The second kappa shape index (κ2) is 3.46. The van der Waals surface area contributed by atoms with Crippen molar-refractivity contribution in [1.29, 1.82) is 0 Å². The molecule has 3 N–H and O–H groups in total. The highest BCUT2D eigenvalue weighted by Gasteiger charge is 2.07. The molecule has 14 heavy (non-hydrogen) atoms. The molecular weight excluding hydrogens is 242 g/mol. The predicted molar refractivity (Wildman–Crippen MR) is 60.9 cm³/mol. The zero-order chi connectivity index (χ0) is 10.1. The molecule has 1 aromatic carbocycles. The molecule has 0 aliphatic rings. The number of nitrogens with one attached hydrogen (secondary N) is 1. The van der Waals surface area contributed by atoms with Crippen LogP contribution in [0.15, 0.2) is 28.7 Å². The molecule has 0 bridgehead atoms. The Kier molecular flexibility index (Phi) is 2.29. The first-order valence-electron chi connectivity index (χ1n) is 4.25. The first kappa shape index (κ1) is 9.27. The maximum atomic E-state index is 5.66. The standard InChI is InChI=1S/C10H10BrN3/c1-6-9(13-14-10(6)12)7-3-2-4-8(11)5-7/h2-5H,1H3,(H3,12,13,14). The van der Waals surface area contributed by atoms with Gasteiger partial charge in [-0.2, -0.15) is 5.10 Å². The van der Waals surface area contributed by atoms with Gasteiger partial charge in [-0.3, -0.25) is 5.10 Å². The number of halogens is 1. The Bertz CT molecular complexity index is 462. The van der Waals surface area contributed by atoms with Gasteiger partial charge in [0, 0.05) is 15.6 Å². The van der Waals surface area contributed by atoms with Gasteiger partial charge in [0.05, 0.1) is 5.69 Å². The highest BCUT2D eigenvalue weighted by molar-refractivity contribution is 9.10. The van der Waals surface area contributed by atoms with E-state index in [4.69, 9.17) is 5.73 Å². The van der Waals surface area contributed by atoms with Crippen molar-refractivity contribution < 1.29 is 0 Å². The van der Waals surface area contributed by atoms with Crippen LogP contribution < -0.4 is 5.73 Å². The average Bonchev–Trinajstić information content (AvgIpc) is 2.48. The van der Waals surface area contributed by atoms with E-state index in [0.717, 1.165) is 21.3 Å². The van der Waals surface area contributed by atoms with Crippen LogP contribution in [0.25, 0.3) is 11.3 Å². The van der Waals surface area contributed by atoms with E-state index in [2.05, 4.69) is 26.1 Å². The fraction of sp³-hybridized carbons (Fsp3) is 0.100. The van der Waals surface area contributed by atoms with Crippen LogP contribution in [0.4, 0.5) is 5.82 Å². The number of hydrogen-bond donors (Lipinski definition) is 2. The summed E-state index contributed by atoms with van der Waals surface area (Å²) in [5.41, 5.74) is 8.71. The van der Waals surface area contributed by atoms with E-state index in [1.807, 2.05) is 31.2 Å². The van der Waals surface area contributed by atoms with E-state index in [-0.39, 0.29) is 0 Å². The normalized spacial score (nSPS) is 10.4. The highest BCUT2D eigenvalue weighted by atomic mass is 79.9. The summed E-state index contributed by atoms with van der Waals surface area (Å²) >= 11 is 3.43. The van der Waals surface area contributed by atoms with Gasteiger partial charge in [-0.15, -0.1) is 0 Å². The summed E-state index contributed by atoms with van der Waals surface area (Å²) in [5.74, 6) is 0.556. The Morgan fingerprint density at radius 2 is 2.21 bits per heavy atom. The van der Waals surface area contributed by atoms with E-state index in [0.29, 0.717) is 5.82 Å². The molecule has 0 aliphatic heterocycles. The lowest BCUT2D eigenvalue weighted by molar-refractivity contribution is 1.10. The summed E-state index contributed by atoms with van der Waals surface area (Å²) < 4.78 is 1.04. The third-order valence-corrected chi connectivity index (χ3v) is 2.65. The molecule has 0 fully saturated rings. The van der Waals surface area contributed by atoms with Crippen LogP contribution in [0.3, 0.4) is 0 Å². The van der Waals surface area contributed by atoms with Gasteiger partial charge in [0.2, 0.25) is 0 Å². The molecular formula is C10H10BrN3. The number of nitrogens with two attached hydrogens (primary N) is 1. The third kappa shape index (κ3) is 1.53. The molecule has 1 aromatic heterocycles. The number of aromatic amines is 1. The maximum Gasteiger partial charge on any atom is 0.148 e. The van der Waals surface area contributed by atoms with Gasteiger partial charge in [0.15, 0.2) is 0 Å². The van der Waals surface area contributed by atoms with Gasteiger partial charge in [0.25, 0.3) is 0 Å². The SMILES string of the molecule is Cc1c(N)n[nH]c1-c1cccc(Br)c1. The second-order valence-electron chi connectivity index (χ2n) is 3.12. The lowest BCUT2D eigenvalue weighted by Gasteiger charge is -1.99. The number of nitrogens with zero attached hydrogens (tertiary/aromatic N) is 1. The average molecular weight is 252 g/mol. The number of hydrogen-bond acceptors (Lipinski definition) is 2. The number of nitrogen functional groups attached to an aromatic ring is 1. The summed E-state index contributed by atoms with van der Waals surface area (Å²) in [7, 11) is 0. The van der Waals surface area contributed by atoms with Crippen LogP contribution >= 0.6 is 15.9 Å². The minimum Gasteiger partial charge on any atom is -0.382 e. The summed E-state index contributed by atoms with van der Waals surface area (Å²) in [4.78, 5) is 0. The Morgan fingerprint density at radius 3 is 2.79 bits per heavy atom. The molecule has 0 atom stereocenters. The largest absolute Gasteiger partial charge is 0.382 e. The van der Waals surface area contributed by atoms with Crippen LogP contribution in [0.1, 0.15) is 5.56 Å². The summed E-state index contributed by atoms with van der Waals surface area (Å²) in [5, 5.41) is 6.88. The van der Waals surface area contributed by atoms with Gasteiger partial charge < -0.3 is 5.73 Å². The first-order chi connectivity index (χ1) is 6.68. The Balaban J connectivity index is 2.55. The molecule has 2 rings (SSSR count). The Morgan fingerprint density at radius 1 is 1.43 bits per heavy atom. The monoisotopic (exact) mass is 251 g/mol. The third-order valence-electron chi connectivity index (χ3n) is 2.16. The Hall–Kier alpha value is -1.29. The first-order valence-corrected chi connectivity index (χ1v) is 5.04. The quantitative estimate of drug-likeness (QED) is 0.819. The van der Waals surface area contributed by atoms with E-state index in [1.165, 1.54) is 0 Å². The number of anilines is 1. The summed E-state index contributed by atoms with van der Waals surface area (Å²) in [6.45, 7) is 1.95. The fourth-order valence-corrected chi connectivity index (χ4v) is 1.74. The topological polar surface area (TPSA) is 54.7 Å². The van der Waals surface area contributed by atoms with Gasteiger partial charge in [-0.05, 0) is 19.1 Å². The Labute approximate surface area is 90.5 Å². The van der Waals surface area contributed by atoms with Crippen molar-refractivity contribution in [2.45, 2.75) is 6.92 Å². The van der Waals surface area contributed by atoms with Crippen molar-refractivity contribution >= 4 is 21.7 Å². The van der Waals surface area contributed by atoms with Crippen LogP contribution in [0, 0.1) is 6.92 Å². The molecule has 0 aliphatic carbocycles. The van der Waals surface area contributed by atoms with E-state index in [1.54, 1.807) is 0 Å². The highest BCUT2D eigenvalue weighted by Crippen LogP contribution is 2.26. The molecule has 72 valence electrons. The van der Waals surface area contributed by atoms with E-state index >= 15 is 0 Å². The van der Waals surface area contributed by atoms with Crippen molar-refractivity contribution in [3.8, 4) is 11.3 Å². The molecule has 0 saturated heterocycles. The number of aromatic nitrogens is 2. The van der Waals surface area contributed by atoms with Crippen molar-refractivity contribution in [2.75, 3.05) is 5.73 Å². The zero-order valence-corrected chi connectivity index (χ0v) is 9.30. The molecule has 0 unspecified atom stereocenters. The smallest absolute Gasteiger partial charge is 0.148 e. The van der Waals surface area contributed by atoms with Gasteiger partial charge >= 0.3 is 0 Å². The van der Waals surface area contributed by atoms with Crippen LogP contribution in [0.5, 0.6) is 0 Å². The second-order valence-corrected chi connectivity index (χ2v) is 4.03. The molecule has 0 radical (unpaired) electrons. The van der Waals surface area contributed by atoms with Crippen molar-refractivity contribution in [2.24, 2.45) is 0 Å². The minimum atomic E-state index is 0.556. The molecule has 2 aromatic rings. The van der Waals surface area contributed by atoms with Gasteiger partial charge in [-0.25, -0.2) is 0 Å². The predicted octanol–water partition coefficient (Wildman–Crippen LogP) is 2.73. The van der Waals surface area contributed by atoms with Gasteiger partial charge in [0.1, 0.15) is 5.82 Å². The number of H-pyrrole nitrogens is 1. The van der Waals surface area contributed by atoms with Crippen LogP contribution in [-0.4, -0.2) is 10.2 Å². The van der Waals surface area contributed by atoms with Crippen LogP contribution in [0.2, 0.25) is 0 Å². The van der Waals surface area contributed by atoms with Crippen molar-refractivity contribution in [3.63, 3.8) is 0 Å². The fourth-order valence-electron chi connectivity index (χ4n) is 1.34. The lowest BCUT2D eigenvalue weighted by atomic mass is 10.1. The van der Waals surface area contributed by atoms with E-state index in [9.17, 15) is 0 Å². The number of benzene rings is 1. The van der Waals surface area contributed by atoms with Crippen molar-refractivity contribution in [1.82, 2.24) is 10.2 Å². The molecule has 1 heterocycles. The summed E-state index contributed by atoms with van der Waals surface area (Å²) in [6.07, 6.45) is 0. The molecule has 0 amide bonds. The minimum absolute atomic E-state index is 0.556. The molecule has 4 heteroatoms. The molecule has 3 nitrogen and oxygen atoms in total. The lowest BCUT2D eigenvalue weighted by Crippen LogP contribution is -1.86. The zero-order valence-electron chi connectivity index (χ0n) is 7.71. The molecule has 0 spiro atoms. The number of rotatable bonds is 1. The maximum absolute atomic E-state index is 5.66. The van der Waals surface area contributed by atoms with Gasteiger partial charge in [-0.1, -0.05) is 28.1 Å². The van der Waals surface area contributed by atoms with Crippen LogP contribution in [-0.2, 0) is 0 Å². The van der Waals surface area contributed by atoms with E-state index < -0.39 is 0 Å². The summed E-state index contributed by atoms with van der Waals surface area (Å²) in [6, 6.07) is 8.01.